The number of allylic oxidation sites excluding steroid dienone is 3. The first-order valence-corrected chi connectivity index (χ1v) is 6.96. The lowest BCUT2D eigenvalue weighted by atomic mass is 10.1. The fourth-order valence-corrected chi connectivity index (χ4v) is 1.72. The molecule has 0 saturated carbocycles. The predicted octanol–water partition coefficient (Wildman–Crippen LogP) is 3.32. The summed E-state index contributed by atoms with van der Waals surface area (Å²) in [5.74, 6) is 0.841. The summed E-state index contributed by atoms with van der Waals surface area (Å²) in [5, 5.41) is 3.44. The molecule has 0 heterocycles. The summed E-state index contributed by atoms with van der Waals surface area (Å²) in [6, 6.07) is 8.14. The van der Waals surface area contributed by atoms with Crippen molar-refractivity contribution in [2.24, 2.45) is 0 Å². The van der Waals surface area contributed by atoms with E-state index >= 15 is 0 Å². The van der Waals surface area contributed by atoms with Crippen LogP contribution in [0.15, 0.2) is 48.1 Å². The summed E-state index contributed by atoms with van der Waals surface area (Å²) in [7, 11) is 1.62. The molecule has 0 aromatic heterocycles. The van der Waals surface area contributed by atoms with E-state index in [1.54, 1.807) is 7.11 Å². The Balaban J connectivity index is 2.25. The minimum atomic E-state index is 0.290. The van der Waals surface area contributed by atoms with Gasteiger partial charge in [-0.25, -0.2) is 0 Å². The third-order valence-corrected chi connectivity index (χ3v) is 2.83. The minimum Gasteiger partial charge on any atom is -0.468 e. The van der Waals surface area contributed by atoms with Gasteiger partial charge in [-0.3, -0.25) is 0 Å². The summed E-state index contributed by atoms with van der Waals surface area (Å²) in [5.41, 5.74) is 2.64. The molecule has 1 aromatic rings. The van der Waals surface area contributed by atoms with E-state index in [1.165, 1.54) is 11.1 Å². The quantitative estimate of drug-likeness (QED) is 0.426. The Kier molecular flexibility index (Phi) is 8.43. The van der Waals surface area contributed by atoms with E-state index in [0.717, 1.165) is 25.3 Å². The molecule has 0 unspecified atom stereocenters. The molecule has 0 atom stereocenters. The van der Waals surface area contributed by atoms with Gasteiger partial charge in [0, 0.05) is 13.7 Å². The Morgan fingerprint density at radius 2 is 2.00 bits per heavy atom. The molecule has 0 fully saturated rings. The highest BCUT2D eigenvalue weighted by atomic mass is 16.7. The summed E-state index contributed by atoms with van der Waals surface area (Å²) >= 11 is 0. The van der Waals surface area contributed by atoms with Crippen LogP contribution in [-0.4, -0.2) is 27.0 Å². The molecule has 0 aliphatic carbocycles. The van der Waals surface area contributed by atoms with E-state index in [0.29, 0.717) is 6.79 Å². The molecular formula is C17H25NO2. The first-order valence-electron chi connectivity index (χ1n) is 6.96. The van der Waals surface area contributed by atoms with Crippen molar-refractivity contribution in [1.82, 2.24) is 5.32 Å². The van der Waals surface area contributed by atoms with E-state index in [2.05, 4.69) is 36.5 Å². The molecule has 1 rings (SSSR count). The third kappa shape index (κ3) is 7.12. The van der Waals surface area contributed by atoms with Crippen LogP contribution in [-0.2, 0) is 11.2 Å². The van der Waals surface area contributed by atoms with Gasteiger partial charge in [0.2, 0.25) is 0 Å². The van der Waals surface area contributed by atoms with E-state index in [9.17, 15) is 0 Å². The van der Waals surface area contributed by atoms with Crippen LogP contribution in [0.1, 0.15) is 19.4 Å². The van der Waals surface area contributed by atoms with Crippen LogP contribution in [0.5, 0.6) is 5.75 Å². The van der Waals surface area contributed by atoms with Crippen LogP contribution in [0.4, 0.5) is 0 Å². The molecule has 0 bridgehead atoms. The molecule has 110 valence electrons. The number of benzene rings is 1. The largest absolute Gasteiger partial charge is 0.468 e. The smallest absolute Gasteiger partial charge is 0.188 e. The van der Waals surface area contributed by atoms with Crippen LogP contribution >= 0.6 is 0 Å². The van der Waals surface area contributed by atoms with Gasteiger partial charge in [-0.15, -0.1) is 0 Å². The molecule has 1 N–H and O–H groups in total. The molecule has 3 nitrogen and oxygen atoms in total. The summed E-state index contributed by atoms with van der Waals surface area (Å²) in [6.07, 6.45) is 7.25. The van der Waals surface area contributed by atoms with Gasteiger partial charge in [0.25, 0.3) is 0 Å². The molecule has 3 heteroatoms. The average molecular weight is 275 g/mol. The van der Waals surface area contributed by atoms with Gasteiger partial charge in [-0.05, 0) is 44.5 Å². The second-order valence-electron chi connectivity index (χ2n) is 4.66. The number of rotatable bonds is 9. The fraction of sp³-hybridized carbons (Fsp3) is 0.412. The number of ether oxygens (including phenoxy) is 2. The van der Waals surface area contributed by atoms with Crippen LogP contribution in [0.2, 0.25) is 0 Å². The van der Waals surface area contributed by atoms with Gasteiger partial charge < -0.3 is 14.8 Å². The number of methoxy groups -OCH3 is 1. The maximum absolute atomic E-state index is 5.35. The van der Waals surface area contributed by atoms with Crippen molar-refractivity contribution in [3.05, 3.63) is 53.6 Å². The summed E-state index contributed by atoms with van der Waals surface area (Å²) < 4.78 is 10.2. The molecule has 1 aromatic carbocycles. The van der Waals surface area contributed by atoms with E-state index in [1.807, 2.05) is 25.1 Å². The van der Waals surface area contributed by atoms with Gasteiger partial charge in [0.15, 0.2) is 6.79 Å². The highest BCUT2D eigenvalue weighted by Gasteiger charge is 1.96. The van der Waals surface area contributed by atoms with E-state index < -0.39 is 0 Å². The number of hydrogen-bond acceptors (Lipinski definition) is 3. The highest BCUT2D eigenvalue weighted by molar-refractivity contribution is 5.27. The summed E-state index contributed by atoms with van der Waals surface area (Å²) in [6.45, 7) is 6.35. The zero-order valence-electron chi connectivity index (χ0n) is 12.7. The second kappa shape index (κ2) is 10.2. The van der Waals surface area contributed by atoms with Crippen LogP contribution < -0.4 is 10.1 Å². The van der Waals surface area contributed by atoms with Gasteiger partial charge in [-0.2, -0.15) is 0 Å². The van der Waals surface area contributed by atoms with Crippen molar-refractivity contribution in [3.8, 4) is 5.75 Å². The molecule has 0 amide bonds. The molecule has 0 aliphatic heterocycles. The normalized spacial score (nSPS) is 12.1. The van der Waals surface area contributed by atoms with Crippen molar-refractivity contribution in [2.45, 2.75) is 20.3 Å². The Labute approximate surface area is 122 Å². The average Bonchev–Trinajstić information content (AvgIpc) is 2.48. The number of hydrogen-bond donors (Lipinski definition) is 1. The molecule has 20 heavy (non-hydrogen) atoms. The zero-order valence-corrected chi connectivity index (χ0v) is 12.7. The Bertz CT molecular complexity index is 421. The monoisotopic (exact) mass is 275 g/mol. The van der Waals surface area contributed by atoms with Crippen molar-refractivity contribution >= 4 is 0 Å². The first kappa shape index (κ1) is 16.5. The molecule has 0 aliphatic rings. The van der Waals surface area contributed by atoms with Crippen LogP contribution in [0, 0.1) is 0 Å². The minimum absolute atomic E-state index is 0.290. The Morgan fingerprint density at radius 1 is 1.25 bits per heavy atom. The van der Waals surface area contributed by atoms with Crippen molar-refractivity contribution in [1.29, 1.82) is 0 Å². The maximum atomic E-state index is 5.35. The molecule has 0 spiro atoms. The fourth-order valence-electron chi connectivity index (χ4n) is 1.72. The lowest BCUT2D eigenvalue weighted by Gasteiger charge is -2.07. The standard InChI is InChI=1S/C17H25NO2/c1-4-5-6-15(2)13-18-12-11-16-7-9-17(10-8-16)20-14-19-3/h4-10,18H,11-14H2,1-3H3/b5-4-,15-6+. The van der Waals surface area contributed by atoms with Crippen molar-refractivity contribution < 1.29 is 9.47 Å². The van der Waals surface area contributed by atoms with Gasteiger partial charge in [0.1, 0.15) is 5.75 Å². The van der Waals surface area contributed by atoms with Crippen molar-refractivity contribution in [3.63, 3.8) is 0 Å². The molecule has 0 saturated heterocycles. The van der Waals surface area contributed by atoms with Gasteiger partial charge >= 0.3 is 0 Å². The lowest BCUT2D eigenvalue weighted by molar-refractivity contribution is 0.0511. The zero-order chi connectivity index (χ0) is 14.6. The third-order valence-electron chi connectivity index (χ3n) is 2.83. The van der Waals surface area contributed by atoms with Crippen LogP contribution in [0.3, 0.4) is 0 Å². The van der Waals surface area contributed by atoms with Gasteiger partial charge in [-0.1, -0.05) is 35.9 Å². The topological polar surface area (TPSA) is 30.5 Å². The summed E-state index contributed by atoms with van der Waals surface area (Å²) in [4.78, 5) is 0. The van der Waals surface area contributed by atoms with Crippen LogP contribution in [0.25, 0.3) is 0 Å². The highest BCUT2D eigenvalue weighted by Crippen LogP contribution is 2.12. The lowest BCUT2D eigenvalue weighted by Crippen LogP contribution is -2.19. The van der Waals surface area contributed by atoms with E-state index in [4.69, 9.17) is 9.47 Å². The Morgan fingerprint density at radius 3 is 2.65 bits per heavy atom. The van der Waals surface area contributed by atoms with E-state index in [-0.39, 0.29) is 0 Å². The van der Waals surface area contributed by atoms with Gasteiger partial charge in [0.05, 0.1) is 0 Å². The first-order chi connectivity index (χ1) is 9.76. The SMILES string of the molecule is C/C=C\C=C(/C)CNCCc1ccc(OCOC)cc1. The predicted molar refractivity (Wildman–Crippen MR) is 84.1 cm³/mol. The molecule has 0 radical (unpaired) electrons. The number of nitrogens with one attached hydrogen (secondary N) is 1. The maximum Gasteiger partial charge on any atom is 0.188 e. The second-order valence-corrected chi connectivity index (χ2v) is 4.66. The Hall–Kier alpha value is -1.58. The van der Waals surface area contributed by atoms with Crippen molar-refractivity contribution in [2.75, 3.05) is 27.0 Å². The molecular weight excluding hydrogens is 250 g/mol.